The Morgan fingerprint density at radius 3 is 3.00 bits per heavy atom. The van der Waals surface area contributed by atoms with Gasteiger partial charge < -0.3 is 9.67 Å². The molecule has 3 heteroatoms. The highest BCUT2D eigenvalue weighted by molar-refractivity contribution is 5.63. The van der Waals surface area contributed by atoms with Gasteiger partial charge in [0.25, 0.3) is 0 Å². The monoisotopic (exact) mass is 242 g/mol. The number of imidazole rings is 1. The van der Waals surface area contributed by atoms with Crippen molar-refractivity contribution in [2.24, 2.45) is 0 Å². The molecule has 0 aliphatic carbocycles. The second-order valence-electron chi connectivity index (χ2n) is 4.37. The summed E-state index contributed by atoms with van der Waals surface area (Å²) < 4.78 is 1.87. The van der Waals surface area contributed by atoms with Crippen LogP contribution in [-0.4, -0.2) is 14.7 Å². The van der Waals surface area contributed by atoms with Crippen molar-refractivity contribution in [1.29, 1.82) is 0 Å². The van der Waals surface area contributed by atoms with Gasteiger partial charge in [-0.15, -0.1) is 0 Å². The minimum atomic E-state index is -0.510. The van der Waals surface area contributed by atoms with Crippen LogP contribution in [0.2, 0.25) is 0 Å². The molecule has 1 heterocycles. The smallest absolute Gasteiger partial charge is 0.0969 e. The second kappa shape index (κ2) is 5.65. The van der Waals surface area contributed by atoms with E-state index in [1.165, 1.54) is 5.57 Å². The van der Waals surface area contributed by atoms with Gasteiger partial charge in [-0.2, -0.15) is 0 Å². The molecule has 0 radical (unpaired) electrons. The lowest BCUT2D eigenvalue weighted by atomic mass is 10.0. The number of aromatic nitrogens is 2. The minimum Gasteiger partial charge on any atom is -0.387 e. The summed E-state index contributed by atoms with van der Waals surface area (Å²) in [5.74, 6) is 0. The van der Waals surface area contributed by atoms with E-state index in [0.29, 0.717) is 6.54 Å². The van der Waals surface area contributed by atoms with Gasteiger partial charge in [-0.25, -0.2) is 4.98 Å². The van der Waals surface area contributed by atoms with Crippen LogP contribution >= 0.6 is 0 Å². The zero-order valence-corrected chi connectivity index (χ0v) is 10.7. The molecule has 2 rings (SSSR count). The summed E-state index contributed by atoms with van der Waals surface area (Å²) >= 11 is 0. The molecule has 0 bridgehead atoms. The quantitative estimate of drug-likeness (QED) is 0.894. The molecule has 0 spiro atoms. The van der Waals surface area contributed by atoms with E-state index >= 15 is 0 Å². The van der Waals surface area contributed by atoms with Crippen LogP contribution in [0.5, 0.6) is 0 Å². The molecule has 1 atom stereocenters. The summed E-state index contributed by atoms with van der Waals surface area (Å²) in [5, 5.41) is 10.2. The number of hydrogen-bond donors (Lipinski definition) is 1. The van der Waals surface area contributed by atoms with Crippen molar-refractivity contribution in [3.8, 4) is 0 Å². The molecule has 1 aromatic carbocycles. The zero-order valence-electron chi connectivity index (χ0n) is 10.7. The summed E-state index contributed by atoms with van der Waals surface area (Å²) in [4.78, 5) is 3.97. The fourth-order valence-electron chi connectivity index (χ4n) is 1.86. The lowest BCUT2D eigenvalue weighted by Crippen LogP contribution is -2.07. The van der Waals surface area contributed by atoms with E-state index < -0.39 is 6.10 Å². The van der Waals surface area contributed by atoms with Crippen molar-refractivity contribution < 1.29 is 5.11 Å². The van der Waals surface area contributed by atoms with Crippen molar-refractivity contribution in [3.63, 3.8) is 0 Å². The predicted octanol–water partition coefficient (Wildman–Crippen LogP) is 3.04. The minimum absolute atomic E-state index is 0.510. The maximum absolute atomic E-state index is 10.2. The molecule has 1 unspecified atom stereocenters. The van der Waals surface area contributed by atoms with Gasteiger partial charge in [0.05, 0.1) is 19.0 Å². The van der Waals surface area contributed by atoms with E-state index in [-0.39, 0.29) is 0 Å². The molecule has 3 nitrogen and oxygen atoms in total. The van der Waals surface area contributed by atoms with Gasteiger partial charge in [0.2, 0.25) is 0 Å². The van der Waals surface area contributed by atoms with Crippen LogP contribution in [0.15, 0.2) is 49.1 Å². The maximum Gasteiger partial charge on any atom is 0.0969 e. The van der Waals surface area contributed by atoms with Gasteiger partial charge in [-0.05, 0) is 36.6 Å². The molecule has 2 aromatic rings. The first-order chi connectivity index (χ1) is 8.70. The first-order valence-electron chi connectivity index (χ1n) is 6.07. The lowest BCUT2D eigenvalue weighted by Gasteiger charge is -2.13. The normalized spacial score (nSPS) is 13.6. The van der Waals surface area contributed by atoms with E-state index in [2.05, 4.69) is 24.1 Å². The Hall–Kier alpha value is -1.87. The van der Waals surface area contributed by atoms with Gasteiger partial charge in [0, 0.05) is 12.4 Å². The predicted molar refractivity (Wildman–Crippen MR) is 73.0 cm³/mol. The van der Waals surface area contributed by atoms with Crippen molar-refractivity contribution in [1.82, 2.24) is 9.55 Å². The molecule has 0 saturated carbocycles. The highest BCUT2D eigenvalue weighted by atomic mass is 16.3. The van der Waals surface area contributed by atoms with Crippen LogP contribution in [0.1, 0.15) is 31.1 Å². The van der Waals surface area contributed by atoms with E-state index in [0.717, 1.165) is 11.1 Å². The highest BCUT2D eigenvalue weighted by Gasteiger charge is 2.09. The topological polar surface area (TPSA) is 38.0 Å². The molecule has 1 N–H and O–H groups in total. The van der Waals surface area contributed by atoms with Crippen molar-refractivity contribution >= 4 is 5.57 Å². The maximum atomic E-state index is 10.2. The molecule has 0 amide bonds. The van der Waals surface area contributed by atoms with Gasteiger partial charge in [-0.1, -0.05) is 24.3 Å². The molecule has 1 aromatic heterocycles. The summed E-state index contributed by atoms with van der Waals surface area (Å²) in [6.07, 6.45) is 6.84. The van der Waals surface area contributed by atoms with E-state index in [1.54, 1.807) is 12.5 Å². The van der Waals surface area contributed by atoms with E-state index in [4.69, 9.17) is 0 Å². The van der Waals surface area contributed by atoms with Gasteiger partial charge in [0.15, 0.2) is 0 Å². The number of aliphatic hydroxyl groups excluding tert-OH is 1. The fourth-order valence-corrected chi connectivity index (χ4v) is 1.86. The van der Waals surface area contributed by atoms with Crippen molar-refractivity contribution in [2.45, 2.75) is 26.5 Å². The van der Waals surface area contributed by atoms with Crippen LogP contribution in [-0.2, 0) is 6.54 Å². The summed E-state index contributed by atoms with van der Waals surface area (Å²) in [6.45, 7) is 4.61. The van der Waals surface area contributed by atoms with Gasteiger partial charge in [-0.3, -0.25) is 0 Å². The molecule has 94 valence electrons. The van der Waals surface area contributed by atoms with Crippen molar-refractivity contribution in [2.75, 3.05) is 0 Å². The molecule has 0 aliphatic rings. The number of nitrogens with zero attached hydrogens (tertiary/aromatic N) is 2. The third-order valence-electron chi connectivity index (χ3n) is 3.10. The SMILES string of the molecule is C/C=C(\C)c1cccc(C(O)Cn2ccnc2)c1. The van der Waals surface area contributed by atoms with Crippen LogP contribution in [0, 0.1) is 0 Å². The highest BCUT2D eigenvalue weighted by Crippen LogP contribution is 2.20. The van der Waals surface area contributed by atoms with Crippen LogP contribution in [0.3, 0.4) is 0 Å². The number of allylic oxidation sites excluding steroid dienone is 2. The molecular weight excluding hydrogens is 224 g/mol. The Morgan fingerprint density at radius 1 is 1.50 bits per heavy atom. The van der Waals surface area contributed by atoms with Crippen LogP contribution < -0.4 is 0 Å². The number of rotatable bonds is 4. The second-order valence-corrected chi connectivity index (χ2v) is 4.37. The summed E-state index contributed by atoms with van der Waals surface area (Å²) in [5.41, 5.74) is 3.30. The summed E-state index contributed by atoms with van der Waals surface area (Å²) in [6, 6.07) is 8.03. The number of aliphatic hydroxyl groups is 1. The Bertz CT molecular complexity index is 529. The standard InChI is InChI=1S/C15H18N2O/c1-3-12(2)13-5-4-6-14(9-13)15(18)10-17-8-7-16-11-17/h3-9,11,15,18H,10H2,1-2H3/b12-3+. The third kappa shape index (κ3) is 2.87. The zero-order chi connectivity index (χ0) is 13.0. The third-order valence-corrected chi connectivity index (χ3v) is 3.10. The summed E-state index contributed by atoms with van der Waals surface area (Å²) in [7, 11) is 0. The molecule has 0 fully saturated rings. The van der Waals surface area contributed by atoms with Crippen LogP contribution in [0.4, 0.5) is 0 Å². The first kappa shape index (κ1) is 12.6. The molecule has 18 heavy (non-hydrogen) atoms. The average Bonchev–Trinajstić information content (AvgIpc) is 2.90. The van der Waals surface area contributed by atoms with E-state index in [9.17, 15) is 5.11 Å². The van der Waals surface area contributed by atoms with Crippen molar-refractivity contribution in [3.05, 3.63) is 60.2 Å². The van der Waals surface area contributed by atoms with Gasteiger partial charge >= 0.3 is 0 Å². The largest absolute Gasteiger partial charge is 0.387 e. The molecule has 0 saturated heterocycles. The van der Waals surface area contributed by atoms with Crippen LogP contribution in [0.25, 0.3) is 5.57 Å². The number of hydrogen-bond acceptors (Lipinski definition) is 2. The molecular formula is C15H18N2O. The first-order valence-corrected chi connectivity index (χ1v) is 6.07. The Kier molecular flexibility index (Phi) is 3.95. The van der Waals surface area contributed by atoms with E-state index in [1.807, 2.05) is 35.9 Å². The fraction of sp³-hybridized carbons (Fsp3) is 0.267. The number of benzene rings is 1. The average molecular weight is 242 g/mol. The Morgan fingerprint density at radius 2 is 2.33 bits per heavy atom. The van der Waals surface area contributed by atoms with Gasteiger partial charge in [0.1, 0.15) is 0 Å². The molecule has 0 aliphatic heterocycles. The Labute approximate surface area is 107 Å². The lowest BCUT2D eigenvalue weighted by molar-refractivity contribution is 0.156. The Balaban J connectivity index is 2.17.